The maximum atomic E-state index is 12.0. The van der Waals surface area contributed by atoms with Gasteiger partial charge in [-0.05, 0) is 38.6 Å². The summed E-state index contributed by atoms with van der Waals surface area (Å²) in [5.74, 6) is 0. The van der Waals surface area contributed by atoms with E-state index in [-0.39, 0.29) is 5.43 Å². The van der Waals surface area contributed by atoms with E-state index >= 15 is 0 Å². The normalized spacial score (nSPS) is 11.5. The summed E-state index contributed by atoms with van der Waals surface area (Å²) in [4.78, 5) is 17.4. The molecule has 0 saturated heterocycles. The van der Waals surface area contributed by atoms with E-state index in [0.717, 1.165) is 34.4 Å². The summed E-state index contributed by atoms with van der Waals surface area (Å²) in [7, 11) is 2.04. The van der Waals surface area contributed by atoms with Gasteiger partial charge in [0.25, 0.3) is 0 Å². The summed E-state index contributed by atoms with van der Waals surface area (Å²) in [5.41, 5.74) is 5.71. The number of nitrogens with zero attached hydrogens (tertiary/aromatic N) is 3. The molecule has 3 rings (SSSR count). The molecule has 22 heavy (non-hydrogen) atoms. The number of hydrogen-bond donors (Lipinski definition) is 1. The monoisotopic (exact) mass is 314 g/mol. The number of pyridine rings is 1. The molecule has 0 bridgehead atoms. The maximum absolute atomic E-state index is 12.0. The molecule has 0 amide bonds. The SMILES string of the molecule is Cc1c[nH]c(CN(C)Cc2ccc3nsnc3c2)c(C)c1=O. The number of H-pyrrole nitrogens is 1. The molecule has 0 saturated carbocycles. The van der Waals surface area contributed by atoms with Gasteiger partial charge in [-0.1, -0.05) is 6.07 Å². The number of aromatic nitrogens is 3. The van der Waals surface area contributed by atoms with Gasteiger partial charge in [0.1, 0.15) is 11.0 Å². The molecule has 0 fully saturated rings. The Kier molecular flexibility index (Phi) is 4.04. The highest BCUT2D eigenvalue weighted by atomic mass is 32.1. The van der Waals surface area contributed by atoms with Crippen LogP contribution >= 0.6 is 11.7 Å². The number of rotatable bonds is 4. The van der Waals surface area contributed by atoms with E-state index in [0.29, 0.717) is 6.54 Å². The zero-order chi connectivity index (χ0) is 15.7. The molecule has 0 unspecified atom stereocenters. The number of aromatic amines is 1. The van der Waals surface area contributed by atoms with Crippen molar-refractivity contribution in [3.8, 4) is 0 Å². The maximum Gasteiger partial charge on any atom is 0.187 e. The van der Waals surface area contributed by atoms with E-state index < -0.39 is 0 Å². The Bertz CT molecular complexity index is 868. The molecule has 0 aliphatic heterocycles. The largest absolute Gasteiger partial charge is 0.363 e. The first-order valence-corrected chi connectivity index (χ1v) is 7.85. The van der Waals surface area contributed by atoms with Gasteiger partial charge in [0.2, 0.25) is 0 Å². The van der Waals surface area contributed by atoms with E-state index in [2.05, 4.69) is 30.8 Å². The molecule has 0 aliphatic rings. The Hall–Kier alpha value is -2.05. The Morgan fingerprint density at radius 2 is 1.95 bits per heavy atom. The highest BCUT2D eigenvalue weighted by molar-refractivity contribution is 7.00. The lowest BCUT2D eigenvalue weighted by molar-refractivity contribution is 0.314. The minimum absolute atomic E-state index is 0.122. The highest BCUT2D eigenvalue weighted by Gasteiger charge is 2.09. The number of aryl methyl sites for hydroxylation is 1. The van der Waals surface area contributed by atoms with Crippen LogP contribution in [0.1, 0.15) is 22.4 Å². The third-order valence-corrected chi connectivity index (χ3v) is 4.37. The fourth-order valence-corrected chi connectivity index (χ4v) is 3.05. The average Bonchev–Trinajstić information content (AvgIpc) is 2.95. The van der Waals surface area contributed by atoms with Crippen molar-refractivity contribution in [2.24, 2.45) is 0 Å². The summed E-state index contributed by atoms with van der Waals surface area (Å²) >= 11 is 1.23. The van der Waals surface area contributed by atoms with Gasteiger partial charge >= 0.3 is 0 Å². The first-order chi connectivity index (χ1) is 10.5. The minimum Gasteiger partial charge on any atom is -0.363 e. The second-order valence-electron chi connectivity index (χ2n) is 5.66. The fraction of sp³-hybridized carbons (Fsp3) is 0.312. The van der Waals surface area contributed by atoms with Gasteiger partial charge in [0, 0.05) is 36.1 Å². The van der Waals surface area contributed by atoms with Crippen LogP contribution in [0.5, 0.6) is 0 Å². The van der Waals surface area contributed by atoms with Crippen LogP contribution in [0.4, 0.5) is 0 Å². The van der Waals surface area contributed by atoms with Crippen molar-refractivity contribution in [2.75, 3.05) is 7.05 Å². The van der Waals surface area contributed by atoms with E-state index in [4.69, 9.17) is 0 Å². The van der Waals surface area contributed by atoms with Crippen molar-refractivity contribution in [3.63, 3.8) is 0 Å². The second kappa shape index (κ2) is 5.98. The molecule has 5 nitrogen and oxygen atoms in total. The minimum atomic E-state index is 0.122. The zero-order valence-electron chi connectivity index (χ0n) is 12.9. The summed E-state index contributed by atoms with van der Waals surface area (Å²) in [6, 6.07) is 6.14. The van der Waals surface area contributed by atoms with Crippen LogP contribution in [0.2, 0.25) is 0 Å². The third-order valence-electron chi connectivity index (χ3n) is 3.81. The second-order valence-corrected chi connectivity index (χ2v) is 6.19. The lowest BCUT2D eigenvalue weighted by Gasteiger charge is -2.18. The first kappa shape index (κ1) is 14.9. The van der Waals surface area contributed by atoms with Crippen molar-refractivity contribution in [3.05, 3.63) is 57.0 Å². The molecular formula is C16H18N4OS. The van der Waals surface area contributed by atoms with Gasteiger partial charge in [0.15, 0.2) is 5.43 Å². The molecule has 3 aromatic rings. The molecule has 0 atom stereocenters. The average molecular weight is 314 g/mol. The van der Waals surface area contributed by atoms with Crippen molar-refractivity contribution in [1.82, 2.24) is 18.6 Å². The van der Waals surface area contributed by atoms with Crippen LogP contribution in [-0.4, -0.2) is 25.7 Å². The van der Waals surface area contributed by atoms with Crippen LogP contribution in [0.25, 0.3) is 11.0 Å². The van der Waals surface area contributed by atoms with E-state index in [1.54, 1.807) is 6.20 Å². The number of benzene rings is 1. The van der Waals surface area contributed by atoms with Crippen LogP contribution in [-0.2, 0) is 13.1 Å². The predicted octanol–water partition coefficient (Wildman–Crippen LogP) is 2.63. The van der Waals surface area contributed by atoms with Crippen LogP contribution in [0.3, 0.4) is 0 Å². The molecule has 0 radical (unpaired) electrons. The molecule has 2 heterocycles. The Labute approximate surface area is 132 Å². The van der Waals surface area contributed by atoms with E-state index in [1.165, 1.54) is 17.3 Å². The molecule has 0 aliphatic carbocycles. The van der Waals surface area contributed by atoms with E-state index in [1.807, 2.05) is 27.0 Å². The lowest BCUT2D eigenvalue weighted by Crippen LogP contribution is -2.22. The zero-order valence-corrected chi connectivity index (χ0v) is 13.7. The third kappa shape index (κ3) is 2.93. The molecule has 1 aromatic carbocycles. The summed E-state index contributed by atoms with van der Waals surface area (Å²) in [6.07, 6.45) is 1.78. The molecule has 114 valence electrons. The molecule has 0 spiro atoms. The first-order valence-electron chi connectivity index (χ1n) is 7.12. The molecular weight excluding hydrogens is 296 g/mol. The smallest absolute Gasteiger partial charge is 0.187 e. The number of fused-ring (bicyclic) bond motifs is 1. The van der Waals surface area contributed by atoms with Gasteiger partial charge in [0.05, 0.1) is 11.7 Å². The summed E-state index contributed by atoms with van der Waals surface area (Å²) < 4.78 is 8.48. The number of hydrogen-bond acceptors (Lipinski definition) is 5. The highest BCUT2D eigenvalue weighted by Crippen LogP contribution is 2.15. The number of nitrogens with one attached hydrogen (secondary N) is 1. The van der Waals surface area contributed by atoms with Crippen LogP contribution in [0.15, 0.2) is 29.2 Å². The Morgan fingerprint density at radius 1 is 1.18 bits per heavy atom. The lowest BCUT2D eigenvalue weighted by atomic mass is 10.1. The van der Waals surface area contributed by atoms with Crippen LogP contribution in [0, 0.1) is 13.8 Å². The van der Waals surface area contributed by atoms with Crippen molar-refractivity contribution < 1.29 is 0 Å². The van der Waals surface area contributed by atoms with Crippen molar-refractivity contribution in [1.29, 1.82) is 0 Å². The standard InChI is InChI=1S/C16H18N4OS/c1-10-7-17-15(11(2)16(10)21)9-20(3)8-12-4-5-13-14(6-12)19-22-18-13/h4-7H,8-9H2,1-3H3,(H,17,21). The van der Waals surface area contributed by atoms with Crippen molar-refractivity contribution >= 4 is 22.8 Å². The van der Waals surface area contributed by atoms with Gasteiger partial charge < -0.3 is 4.98 Å². The molecule has 6 heteroatoms. The quantitative estimate of drug-likeness (QED) is 0.804. The Morgan fingerprint density at radius 3 is 2.77 bits per heavy atom. The fourth-order valence-electron chi connectivity index (χ4n) is 2.53. The molecule has 2 aromatic heterocycles. The topological polar surface area (TPSA) is 61.9 Å². The van der Waals surface area contributed by atoms with Gasteiger partial charge in [-0.25, -0.2) is 0 Å². The summed E-state index contributed by atoms with van der Waals surface area (Å²) in [6.45, 7) is 5.20. The van der Waals surface area contributed by atoms with Gasteiger partial charge in [-0.2, -0.15) is 8.75 Å². The van der Waals surface area contributed by atoms with Gasteiger partial charge in [-0.15, -0.1) is 0 Å². The Balaban J connectivity index is 1.76. The predicted molar refractivity (Wildman–Crippen MR) is 89.1 cm³/mol. The summed E-state index contributed by atoms with van der Waals surface area (Å²) in [5, 5.41) is 0. The van der Waals surface area contributed by atoms with Gasteiger partial charge in [-0.3, -0.25) is 9.69 Å². The van der Waals surface area contributed by atoms with Crippen LogP contribution < -0.4 is 5.43 Å². The molecule has 1 N–H and O–H groups in total. The van der Waals surface area contributed by atoms with Crippen molar-refractivity contribution in [2.45, 2.75) is 26.9 Å². The van der Waals surface area contributed by atoms with E-state index in [9.17, 15) is 4.79 Å².